The molecule has 0 radical (unpaired) electrons. The first-order valence-corrected chi connectivity index (χ1v) is 7.01. The van der Waals surface area contributed by atoms with Crippen molar-refractivity contribution in [3.8, 4) is 0 Å². The Morgan fingerprint density at radius 3 is 2.56 bits per heavy atom. The molecule has 0 saturated carbocycles. The van der Waals surface area contributed by atoms with Gasteiger partial charge in [0.25, 0.3) is 0 Å². The van der Waals surface area contributed by atoms with Crippen LogP contribution < -0.4 is 10.2 Å². The van der Waals surface area contributed by atoms with E-state index in [1.54, 1.807) is 0 Å². The van der Waals surface area contributed by atoms with Crippen molar-refractivity contribution in [1.82, 2.24) is 10.2 Å². The summed E-state index contributed by atoms with van der Waals surface area (Å²) in [4.78, 5) is 5.16. The van der Waals surface area contributed by atoms with Gasteiger partial charge in [0.15, 0.2) is 0 Å². The second-order valence-corrected chi connectivity index (χ2v) is 5.56. The lowest BCUT2D eigenvalue weighted by Gasteiger charge is -2.48. The summed E-state index contributed by atoms with van der Waals surface area (Å²) in [5.74, 6) is 0. The number of benzene rings is 1. The van der Waals surface area contributed by atoms with Crippen LogP contribution in [0.4, 0.5) is 5.69 Å². The number of rotatable bonds is 2. The molecule has 0 amide bonds. The first-order valence-electron chi connectivity index (χ1n) is 7.01. The molecule has 1 aromatic rings. The van der Waals surface area contributed by atoms with E-state index in [0.29, 0.717) is 0 Å². The van der Waals surface area contributed by atoms with Gasteiger partial charge in [0.1, 0.15) is 0 Å². The van der Waals surface area contributed by atoms with Gasteiger partial charge in [0, 0.05) is 51.0 Å². The van der Waals surface area contributed by atoms with Crippen molar-refractivity contribution in [3.05, 3.63) is 29.3 Å². The molecule has 0 unspecified atom stereocenters. The Morgan fingerprint density at radius 1 is 1.11 bits per heavy atom. The molecule has 2 aliphatic rings. The van der Waals surface area contributed by atoms with Crippen molar-refractivity contribution in [3.63, 3.8) is 0 Å². The van der Waals surface area contributed by atoms with Gasteiger partial charge in [-0.25, -0.2) is 0 Å². The van der Waals surface area contributed by atoms with E-state index in [9.17, 15) is 0 Å². The predicted octanol–water partition coefficient (Wildman–Crippen LogP) is 1.40. The van der Waals surface area contributed by atoms with Gasteiger partial charge in [-0.2, -0.15) is 0 Å². The van der Waals surface area contributed by atoms with Crippen molar-refractivity contribution in [2.24, 2.45) is 0 Å². The second kappa shape index (κ2) is 4.90. The molecule has 1 N–H and O–H groups in total. The third-order valence-electron chi connectivity index (χ3n) is 4.45. The minimum Gasteiger partial charge on any atom is -0.368 e. The van der Waals surface area contributed by atoms with Crippen LogP contribution in [-0.4, -0.2) is 50.2 Å². The van der Waals surface area contributed by atoms with E-state index < -0.39 is 0 Å². The molecule has 98 valence electrons. The third-order valence-corrected chi connectivity index (χ3v) is 4.45. The summed E-state index contributed by atoms with van der Waals surface area (Å²) >= 11 is 0. The normalized spacial score (nSPS) is 22.0. The molecule has 0 atom stereocenters. The molecule has 3 rings (SSSR count). The quantitative estimate of drug-likeness (QED) is 0.849. The first kappa shape index (κ1) is 12.0. The average molecular weight is 245 g/mol. The fourth-order valence-corrected chi connectivity index (χ4v) is 3.01. The van der Waals surface area contributed by atoms with Crippen molar-refractivity contribution < 1.29 is 0 Å². The maximum Gasteiger partial charge on any atom is 0.0447 e. The number of hydrogen-bond acceptors (Lipinski definition) is 3. The maximum atomic E-state index is 3.42. The monoisotopic (exact) mass is 245 g/mol. The number of nitrogens with one attached hydrogen (secondary N) is 1. The number of piperazine rings is 1. The predicted molar refractivity (Wildman–Crippen MR) is 76.4 cm³/mol. The van der Waals surface area contributed by atoms with Gasteiger partial charge >= 0.3 is 0 Å². The fraction of sp³-hybridized carbons (Fsp3) is 0.600. The minimum atomic E-state index is 0.770. The Kier molecular flexibility index (Phi) is 3.27. The Morgan fingerprint density at radius 2 is 1.83 bits per heavy atom. The molecule has 1 aromatic carbocycles. The van der Waals surface area contributed by atoms with Crippen LogP contribution in [0.2, 0.25) is 0 Å². The van der Waals surface area contributed by atoms with Crippen LogP contribution in [0.3, 0.4) is 0 Å². The van der Waals surface area contributed by atoms with E-state index in [1.165, 1.54) is 43.0 Å². The van der Waals surface area contributed by atoms with Crippen molar-refractivity contribution >= 4 is 5.69 Å². The Hall–Kier alpha value is -1.06. The second-order valence-electron chi connectivity index (χ2n) is 5.56. The van der Waals surface area contributed by atoms with Crippen LogP contribution in [0.25, 0.3) is 0 Å². The van der Waals surface area contributed by atoms with Gasteiger partial charge in [-0.15, -0.1) is 0 Å². The Labute approximate surface area is 110 Å². The maximum absolute atomic E-state index is 3.42. The lowest BCUT2D eigenvalue weighted by molar-refractivity contribution is 0.147. The fourth-order valence-electron chi connectivity index (χ4n) is 3.01. The van der Waals surface area contributed by atoms with E-state index in [1.807, 2.05) is 0 Å². The highest BCUT2D eigenvalue weighted by atomic mass is 15.3. The molecule has 2 heterocycles. The summed E-state index contributed by atoms with van der Waals surface area (Å²) in [6.07, 6.45) is 0. The van der Waals surface area contributed by atoms with Crippen LogP contribution in [0.15, 0.2) is 18.2 Å². The lowest BCUT2D eigenvalue weighted by atomic mass is 10.0. The van der Waals surface area contributed by atoms with E-state index in [4.69, 9.17) is 0 Å². The van der Waals surface area contributed by atoms with Crippen molar-refractivity contribution in [2.45, 2.75) is 19.9 Å². The van der Waals surface area contributed by atoms with Crippen LogP contribution in [0.5, 0.6) is 0 Å². The first-order chi connectivity index (χ1) is 8.75. The van der Waals surface area contributed by atoms with Crippen molar-refractivity contribution in [2.75, 3.05) is 44.2 Å². The summed E-state index contributed by atoms with van der Waals surface area (Å²) in [5, 5.41) is 3.42. The van der Waals surface area contributed by atoms with Crippen LogP contribution in [-0.2, 0) is 0 Å². The number of nitrogens with zero attached hydrogens (tertiary/aromatic N) is 2. The van der Waals surface area contributed by atoms with Gasteiger partial charge < -0.3 is 10.2 Å². The highest BCUT2D eigenvalue weighted by molar-refractivity contribution is 5.58. The molecule has 0 spiro atoms. The van der Waals surface area contributed by atoms with Crippen LogP contribution in [0, 0.1) is 13.8 Å². The molecule has 0 aromatic heterocycles. The smallest absolute Gasteiger partial charge is 0.0447 e. The third kappa shape index (κ3) is 2.13. The van der Waals surface area contributed by atoms with Crippen LogP contribution in [0.1, 0.15) is 11.1 Å². The molecular formula is C15H23N3. The van der Waals surface area contributed by atoms with Gasteiger partial charge in [-0.05, 0) is 31.0 Å². The van der Waals surface area contributed by atoms with Crippen LogP contribution >= 0.6 is 0 Å². The van der Waals surface area contributed by atoms with E-state index in [2.05, 4.69) is 47.2 Å². The zero-order valence-corrected chi connectivity index (χ0v) is 11.4. The molecule has 0 bridgehead atoms. The van der Waals surface area contributed by atoms with E-state index >= 15 is 0 Å². The number of aryl methyl sites for hydroxylation is 1. The lowest BCUT2D eigenvalue weighted by Crippen LogP contribution is -2.63. The summed E-state index contributed by atoms with van der Waals surface area (Å²) < 4.78 is 0. The summed E-state index contributed by atoms with van der Waals surface area (Å²) in [6.45, 7) is 11.6. The largest absolute Gasteiger partial charge is 0.368 e. The van der Waals surface area contributed by atoms with Gasteiger partial charge in [-0.1, -0.05) is 12.1 Å². The molecule has 18 heavy (non-hydrogen) atoms. The standard InChI is InChI=1S/C15H23N3/c1-12-4-3-5-15(13(12)2)18-10-14(11-18)17-8-6-16-7-9-17/h3-5,14,16H,6-11H2,1-2H3. The van der Waals surface area contributed by atoms with Gasteiger partial charge in [0.2, 0.25) is 0 Å². The molecular weight excluding hydrogens is 222 g/mol. The van der Waals surface area contributed by atoms with Gasteiger partial charge in [0.05, 0.1) is 0 Å². The zero-order valence-electron chi connectivity index (χ0n) is 11.4. The van der Waals surface area contributed by atoms with Gasteiger partial charge in [-0.3, -0.25) is 4.90 Å². The molecule has 0 aliphatic carbocycles. The minimum absolute atomic E-state index is 0.770. The Bertz CT molecular complexity index is 418. The SMILES string of the molecule is Cc1cccc(N2CC(N3CCNCC3)C2)c1C. The van der Waals surface area contributed by atoms with Crippen molar-refractivity contribution in [1.29, 1.82) is 0 Å². The summed E-state index contributed by atoms with van der Waals surface area (Å²) in [6, 6.07) is 7.41. The highest BCUT2D eigenvalue weighted by Gasteiger charge is 2.32. The number of anilines is 1. The van der Waals surface area contributed by atoms with E-state index in [-0.39, 0.29) is 0 Å². The molecule has 2 aliphatic heterocycles. The summed E-state index contributed by atoms with van der Waals surface area (Å²) in [5.41, 5.74) is 4.27. The molecule has 2 fully saturated rings. The average Bonchev–Trinajstić information content (AvgIpc) is 2.34. The number of hydrogen-bond donors (Lipinski definition) is 1. The highest BCUT2D eigenvalue weighted by Crippen LogP contribution is 2.28. The Balaban J connectivity index is 1.63. The van der Waals surface area contributed by atoms with E-state index in [0.717, 1.165) is 19.1 Å². The molecule has 2 saturated heterocycles. The molecule has 3 heteroatoms. The zero-order chi connectivity index (χ0) is 12.5. The topological polar surface area (TPSA) is 18.5 Å². The molecule has 3 nitrogen and oxygen atoms in total. The summed E-state index contributed by atoms with van der Waals surface area (Å²) in [7, 11) is 0.